The summed E-state index contributed by atoms with van der Waals surface area (Å²) >= 11 is 0. The molecule has 1 atom stereocenters. The first-order chi connectivity index (χ1) is 18.7. The molecule has 0 saturated carbocycles. The number of benzene rings is 1. The number of hydrogen-bond acceptors (Lipinski definition) is 4. The highest BCUT2D eigenvalue weighted by molar-refractivity contribution is 5.97. The maximum absolute atomic E-state index is 13.2. The highest BCUT2D eigenvalue weighted by Gasteiger charge is 2.24. The Morgan fingerprint density at radius 3 is 2.13 bits per heavy atom. The van der Waals surface area contributed by atoms with Crippen molar-refractivity contribution in [2.24, 2.45) is 0 Å². The van der Waals surface area contributed by atoms with Crippen molar-refractivity contribution in [1.29, 1.82) is 0 Å². The van der Waals surface area contributed by atoms with Crippen LogP contribution in [0, 0.1) is 0 Å². The topological polar surface area (TPSA) is 50.8 Å². The smallest absolute Gasteiger partial charge is 0.255 e. The number of nitrogens with zero attached hydrogens (tertiary/aromatic N) is 1. The first-order valence-corrected chi connectivity index (χ1v) is 14.7. The fraction of sp³-hybridized carbons (Fsp3) is 0.559. The number of amides is 1. The van der Waals surface area contributed by atoms with Crippen molar-refractivity contribution < 1.29 is 14.3 Å². The van der Waals surface area contributed by atoms with Crippen molar-refractivity contribution in [2.45, 2.75) is 93.0 Å². The van der Waals surface area contributed by atoms with Gasteiger partial charge in [-0.05, 0) is 117 Å². The number of carbonyl (C=O) groups excluding carboxylic acids is 1. The highest BCUT2D eigenvalue weighted by atomic mass is 16.5. The predicted octanol–water partition coefficient (Wildman–Crippen LogP) is 8.04. The third kappa shape index (κ3) is 12.7. The number of allylic oxidation sites excluding steroid dienone is 6. The SMILES string of the molecule is CCN1CCCC1CNC(=O)c1ccc(OCC=C(C)CCC=C(C)C)cc1OCC=C(C)CCC=C(C)C. The number of rotatable bonds is 16. The van der Waals surface area contributed by atoms with Gasteiger partial charge < -0.3 is 14.8 Å². The van der Waals surface area contributed by atoms with Crippen molar-refractivity contribution in [3.8, 4) is 11.5 Å². The largest absolute Gasteiger partial charge is 0.489 e. The molecule has 0 spiro atoms. The normalized spacial score (nSPS) is 16.1. The van der Waals surface area contributed by atoms with E-state index in [2.05, 4.69) is 83.0 Å². The summed E-state index contributed by atoms with van der Waals surface area (Å²) < 4.78 is 12.2. The van der Waals surface area contributed by atoms with Gasteiger partial charge in [-0.1, -0.05) is 41.4 Å². The Hall–Kier alpha value is -2.79. The summed E-state index contributed by atoms with van der Waals surface area (Å²) in [6.45, 7) is 18.6. The zero-order valence-corrected chi connectivity index (χ0v) is 25.6. The quantitative estimate of drug-likeness (QED) is 0.217. The standard InChI is InChI=1S/C34H52N2O3/c1-8-36-21-11-16-30(36)25-35-34(37)32-18-17-31(38-22-19-28(6)14-9-12-26(2)3)24-33(32)39-23-20-29(7)15-10-13-27(4)5/h12-13,17-20,24,30H,8-11,14-16,21-23,25H2,1-7H3,(H,35,37). The van der Waals surface area contributed by atoms with Gasteiger partial charge in [-0.2, -0.15) is 0 Å². The van der Waals surface area contributed by atoms with Gasteiger partial charge in [0, 0.05) is 18.7 Å². The lowest BCUT2D eigenvalue weighted by Crippen LogP contribution is -2.40. The lowest BCUT2D eigenvalue weighted by molar-refractivity contribution is 0.0937. The Kier molecular flexibility index (Phi) is 14.7. The van der Waals surface area contributed by atoms with Crippen LogP contribution in [0.5, 0.6) is 11.5 Å². The van der Waals surface area contributed by atoms with Crippen LogP contribution in [0.3, 0.4) is 0 Å². The highest BCUT2D eigenvalue weighted by Crippen LogP contribution is 2.26. The molecule has 1 aliphatic rings. The van der Waals surface area contributed by atoms with Crippen LogP contribution in [-0.2, 0) is 0 Å². The van der Waals surface area contributed by atoms with E-state index >= 15 is 0 Å². The summed E-state index contributed by atoms with van der Waals surface area (Å²) in [5.41, 5.74) is 5.82. The Bertz CT molecular complexity index is 1030. The molecule has 1 aliphatic heterocycles. The molecule has 1 aromatic carbocycles. The van der Waals surface area contributed by atoms with Crippen molar-refractivity contribution >= 4 is 5.91 Å². The summed E-state index contributed by atoms with van der Waals surface area (Å²) in [7, 11) is 0. The van der Waals surface area contributed by atoms with Crippen molar-refractivity contribution in [2.75, 3.05) is 32.8 Å². The molecule has 216 valence electrons. The van der Waals surface area contributed by atoms with Crippen LogP contribution in [0.15, 0.2) is 64.8 Å². The summed E-state index contributed by atoms with van der Waals surface area (Å²) in [5, 5.41) is 3.15. The van der Waals surface area contributed by atoms with Gasteiger partial charge in [0.05, 0.1) is 5.56 Å². The average molecular weight is 537 g/mol. The fourth-order valence-corrected chi connectivity index (χ4v) is 4.68. The maximum Gasteiger partial charge on any atom is 0.255 e. The van der Waals surface area contributed by atoms with Crippen molar-refractivity contribution in [3.63, 3.8) is 0 Å². The third-order valence-corrected chi connectivity index (χ3v) is 7.14. The summed E-state index contributed by atoms with van der Waals surface area (Å²) in [6, 6.07) is 5.94. The third-order valence-electron chi connectivity index (χ3n) is 7.14. The van der Waals surface area contributed by atoms with E-state index in [1.165, 1.54) is 28.7 Å². The molecule has 0 aliphatic carbocycles. The van der Waals surface area contributed by atoms with E-state index < -0.39 is 0 Å². The van der Waals surface area contributed by atoms with E-state index in [4.69, 9.17) is 9.47 Å². The van der Waals surface area contributed by atoms with Crippen LogP contribution in [0.25, 0.3) is 0 Å². The molecule has 39 heavy (non-hydrogen) atoms. The van der Waals surface area contributed by atoms with E-state index in [9.17, 15) is 4.79 Å². The van der Waals surface area contributed by atoms with Crippen LogP contribution < -0.4 is 14.8 Å². The van der Waals surface area contributed by atoms with Crippen LogP contribution in [0.1, 0.15) is 97.3 Å². The van der Waals surface area contributed by atoms with Crippen LogP contribution in [0.4, 0.5) is 0 Å². The first-order valence-electron chi connectivity index (χ1n) is 14.7. The fourth-order valence-electron chi connectivity index (χ4n) is 4.68. The molecular formula is C34H52N2O3. The van der Waals surface area contributed by atoms with Crippen LogP contribution >= 0.6 is 0 Å². The number of ether oxygens (including phenoxy) is 2. The van der Waals surface area contributed by atoms with E-state index in [-0.39, 0.29) is 5.91 Å². The van der Waals surface area contributed by atoms with E-state index in [0.29, 0.717) is 42.9 Å². The van der Waals surface area contributed by atoms with Gasteiger partial charge in [-0.25, -0.2) is 0 Å². The maximum atomic E-state index is 13.2. The van der Waals surface area contributed by atoms with Crippen molar-refractivity contribution in [3.05, 3.63) is 70.4 Å². The minimum Gasteiger partial charge on any atom is -0.489 e. The predicted molar refractivity (Wildman–Crippen MR) is 165 cm³/mol. The van der Waals surface area contributed by atoms with Gasteiger partial charge in [0.2, 0.25) is 0 Å². The van der Waals surface area contributed by atoms with Crippen molar-refractivity contribution in [1.82, 2.24) is 10.2 Å². The Morgan fingerprint density at radius 1 is 0.923 bits per heavy atom. The van der Waals surface area contributed by atoms with E-state index in [0.717, 1.165) is 45.2 Å². The molecule has 1 fully saturated rings. The lowest BCUT2D eigenvalue weighted by atomic mass is 10.1. The molecule has 2 rings (SSSR count). The molecule has 1 heterocycles. The van der Waals surface area contributed by atoms with Crippen LogP contribution in [-0.4, -0.2) is 49.7 Å². The molecule has 1 N–H and O–H groups in total. The Labute approximate surface area is 238 Å². The van der Waals surface area contributed by atoms with Gasteiger partial charge in [0.15, 0.2) is 0 Å². The molecule has 1 amide bonds. The second-order valence-electron chi connectivity index (χ2n) is 11.2. The second kappa shape index (κ2) is 17.7. The molecular weight excluding hydrogens is 484 g/mol. The number of hydrogen-bond donors (Lipinski definition) is 1. The molecule has 5 nitrogen and oxygen atoms in total. The van der Waals surface area contributed by atoms with Gasteiger partial charge in [-0.15, -0.1) is 0 Å². The van der Waals surface area contributed by atoms with Gasteiger partial charge in [-0.3, -0.25) is 9.69 Å². The number of likely N-dealkylation sites (N-methyl/N-ethyl adjacent to an activating group) is 1. The summed E-state index contributed by atoms with van der Waals surface area (Å²) in [5.74, 6) is 1.16. The molecule has 1 saturated heterocycles. The molecule has 1 aromatic rings. The number of likely N-dealkylation sites (tertiary alicyclic amines) is 1. The molecule has 0 radical (unpaired) electrons. The van der Waals surface area contributed by atoms with Crippen LogP contribution in [0.2, 0.25) is 0 Å². The van der Waals surface area contributed by atoms with Gasteiger partial charge in [0.1, 0.15) is 24.7 Å². The van der Waals surface area contributed by atoms with E-state index in [1.54, 1.807) is 0 Å². The average Bonchev–Trinajstić information content (AvgIpc) is 3.34. The lowest BCUT2D eigenvalue weighted by Gasteiger charge is -2.23. The minimum atomic E-state index is -0.0984. The minimum absolute atomic E-state index is 0.0984. The van der Waals surface area contributed by atoms with Gasteiger partial charge in [0.25, 0.3) is 5.91 Å². The number of carbonyl (C=O) groups is 1. The zero-order chi connectivity index (χ0) is 28.6. The molecule has 0 aromatic heterocycles. The Balaban J connectivity index is 2.07. The summed E-state index contributed by atoms with van der Waals surface area (Å²) in [6.07, 6.45) is 15.2. The second-order valence-corrected chi connectivity index (χ2v) is 11.2. The zero-order valence-electron chi connectivity index (χ0n) is 25.6. The first kappa shape index (κ1) is 32.4. The molecule has 5 heteroatoms. The Morgan fingerprint density at radius 2 is 1.54 bits per heavy atom. The monoisotopic (exact) mass is 536 g/mol. The van der Waals surface area contributed by atoms with Gasteiger partial charge >= 0.3 is 0 Å². The number of nitrogens with one attached hydrogen (secondary N) is 1. The summed E-state index contributed by atoms with van der Waals surface area (Å²) in [4.78, 5) is 15.6. The van der Waals surface area contributed by atoms with E-state index in [1.807, 2.05) is 18.2 Å². The molecule has 0 bridgehead atoms. The molecule has 1 unspecified atom stereocenters.